The lowest BCUT2D eigenvalue weighted by atomic mass is 9.99. The summed E-state index contributed by atoms with van der Waals surface area (Å²) in [6.45, 7) is 5.72. The van der Waals surface area contributed by atoms with Crippen LogP contribution in [-0.2, 0) is 23.8 Å². The molecule has 1 aliphatic heterocycles. The summed E-state index contributed by atoms with van der Waals surface area (Å²) in [5, 5.41) is 56.9. The Morgan fingerprint density at radius 3 is 1.41 bits per heavy atom. The van der Waals surface area contributed by atoms with Gasteiger partial charge in [0, 0.05) is 6.42 Å². The lowest BCUT2D eigenvalue weighted by Gasteiger charge is -2.41. The van der Waals surface area contributed by atoms with Crippen LogP contribution in [0.25, 0.3) is 0 Å². The van der Waals surface area contributed by atoms with Crippen molar-refractivity contribution < 1.29 is 49.3 Å². The number of rotatable bonds is 51. The summed E-state index contributed by atoms with van der Waals surface area (Å²) < 4.78 is 17.5. The first kappa shape index (κ1) is 69.4. The number of allylic oxidation sites excluding steroid dienone is 9. The van der Waals surface area contributed by atoms with Crippen molar-refractivity contribution in [3.8, 4) is 0 Å². The van der Waals surface area contributed by atoms with Crippen molar-refractivity contribution >= 4 is 11.9 Å². The molecule has 8 unspecified atom stereocenters. The van der Waals surface area contributed by atoms with Gasteiger partial charge in [-0.15, -0.1) is 0 Å². The second-order valence-corrected chi connectivity index (χ2v) is 21.1. The number of aliphatic hydroxyl groups is 5. The number of carbonyl (C=O) groups is 2. The van der Waals surface area contributed by atoms with E-state index in [2.05, 4.69) is 62.5 Å². The number of esters is 1. The average molecular weight is 1040 g/mol. The van der Waals surface area contributed by atoms with E-state index in [0.717, 1.165) is 64.2 Å². The van der Waals surface area contributed by atoms with Gasteiger partial charge in [-0.2, -0.15) is 0 Å². The fraction of sp³-hybridized carbons (Fsp3) is 0.810. The summed E-state index contributed by atoms with van der Waals surface area (Å²) in [6, 6.07) is -1.04. The molecular formula is C63H113NO10. The van der Waals surface area contributed by atoms with Crippen molar-refractivity contribution in [1.29, 1.82) is 0 Å². The number of ether oxygens (including phenoxy) is 3. The van der Waals surface area contributed by atoms with E-state index in [9.17, 15) is 35.1 Å². The normalized spacial score (nSPS) is 19.7. The number of unbranched alkanes of at least 4 members (excludes halogenated alkanes) is 29. The molecule has 1 amide bonds. The number of carbonyl (C=O) groups excluding carboxylic acids is 2. The van der Waals surface area contributed by atoms with Crippen LogP contribution in [0.4, 0.5) is 0 Å². The van der Waals surface area contributed by atoms with Gasteiger partial charge in [0.25, 0.3) is 0 Å². The number of hydrogen-bond donors (Lipinski definition) is 6. The molecule has 1 aliphatic rings. The Labute approximate surface area is 452 Å². The van der Waals surface area contributed by atoms with Gasteiger partial charge in [0.05, 0.1) is 25.4 Å². The van der Waals surface area contributed by atoms with E-state index in [4.69, 9.17) is 14.2 Å². The SMILES string of the molecule is CCCCC/C=C\C/C=C\CCCCCCCCCCCCC(O)C(=O)NC(COC1OC(CO)C(O)C(O)C1OC(=O)CC/C=C/C/C=C\CCCCCCCC)C(O)/C=C/CCCCCCCCCCCC. The zero-order valence-electron chi connectivity index (χ0n) is 47.5. The molecule has 0 spiro atoms. The molecule has 74 heavy (non-hydrogen) atoms. The zero-order chi connectivity index (χ0) is 54.0. The summed E-state index contributed by atoms with van der Waals surface area (Å²) in [6.07, 6.45) is 52.8. The molecule has 11 heteroatoms. The van der Waals surface area contributed by atoms with Crippen molar-refractivity contribution in [3.05, 3.63) is 60.8 Å². The summed E-state index contributed by atoms with van der Waals surface area (Å²) >= 11 is 0. The molecule has 430 valence electrons. The van der Waals surface area contributed by atoms with Crippen LogP contribution >= 0.6 is 0 Å². The Hall–Kier alpha value is -2.64. The summed E-state index contributed by atoms with van der Waals surface area (Å²) in [4.78, 5) is 26.5. The molecule has 0 aliphatic carbocycles. The molecule has 0 aromatic rings. The minimum Gasteiger partial charge on any atom is -0.454 e. The summed E-state index contributed by atoms with van der Waals surface area (Å²) in [7, 11) is 0. The number of nitrogens with one attached hydrogen (secondary N) is 1. The second-order valence-electron chi connectivity index (χ2n) is 21.1. The van der Waals surface area contributed by atoms with Crippen LogP contribution in [0.1, 0.15) is 265 Å². The Kier molecular flexibility index (Phi) is 47.9. The van der Waals surface area contributed by atoms with Gasteiger partial charge in [0.2, 0.25) is 5.91 Å². The molecule has 6 N–H and O–H groups in total. The molecule has 1 heterocycles. The molecule has 0 bridgehead atoms. The molecule has 1 fully saturated rings. The minimum atomic E-state index is -1.64. The highest BCUT2D eigenvalue weighted by Gasteiger charge is 2.47. The van der Waals surface area contributed by atoms with Gasteiger partial charge in [-0.25, -0.2) is 0 Å². The van der Waals surface area contributed by atoms with Crippen molar-refractivity contribution in [2.45, 2.75) is 314 Å². The fourth-order valence-electron chi connectivity index (χ4n) is 9.26. The molecule has 0 saturated carbocycles. The summed E-state index contributed by atoms with van der Waals surface area (Å²) in [5.74, 6) is -1.27. The van der Waals surface area contributed by atoms with Crippen LogP contribution in [0, 0.1) is 0 Å². The Balaban J connectivity index is 2.70. The number of hydrogen-bond acceptors (Lipinski definition) is 10. The molecule has 8 atom stereocenters. The largest absolute Gasteiger partial charge is 0.454 e. The van der Waals surface area contributed by atoms with Gasteiger partial charge in [-0.1, -0.05) is 242 Å². The third kappa shape index (κ3) is 38.8. The first-order chi connectivity index (χ1) is 36.2. The smallest absolute Gasteiger partial charge is 0.306 e. The summed E-state index contributed by atoms with van der Waals surface area (Å²) in [5.41, 5.74) is 0. The van der Waals surface area contributed by atoms with E-state index in [1.54, 1.807) is 6.08 Å². The number of aliphatic hydroxyl groups excluding tert-OH is 5. The molecule has 1 saturated heterocycles. The third-order valence-electron chi connectivity index (χ3n) is 14.2. The van der Waals surface area contributed by atoms with Crippen molar-refractivity contribution in [2.24, 2.45) is 0 Å². The van der Waals surface area contributed by atoms with E-state index in [1.165, 1.54) is 154 Å². The van der Waals surface area contributed by atoms with Crippen LogP contribution in [-0.4, -0.2) is 99.6 Å². The van der Waals surface area contributed by atoms with Crippen LogP contribution < -0.4 is 5.32 Å². The van der Waals surface area contributed by atoms with E-state index in [1.807, 2.05) is 18.2 Å². The third-order valence-corrected chi connectivity index (χ3v) is 14.2. The van der Waals surface area contributed by atoms with Gasteiger partial charge < -0.3 is 45.1 Å². The highest BCUT2D eigenvalue weighted by molar-refractivity contribution is 5.80. The van der Waals surface area contributed by atoms with E-state index >= 15 is 0 Å². The van der Waals surface area contributed by atoms with Crippen LogP contribution in [0.15, 0.2) is 60.8 Å². The van der Waals surface area contributed by atoms with Gasteiger partial charge in [0.1, 0.15) is 24.4 Å². The van der Waals surface area contributed by atoms with Crippen LogP contribution in [0.2, 0.25) is 0 Å². The van der Waals surface area contributed by atoms with E-state index in [0.29, 0.717) is 12.8 Å². The zero-order valence-corrected chi connectivity index (χ0v) is 47.5. The molecule has 0 radical (unpaired) electrons. The van der Waals surface area contributed by atoms with Crippen molar-refractivity contribution in [2.75, 3.05) is 13.2 Å². The van der Waals surface area contributed by atoms with Crippen LogP contribution in [0.5, 0.6) is 0 Å². The van der Waals surface area contributed by atoms with Crippen LogP contribution in [0.3, 0.4) is 0 Å². The molecule has 1 rings (SSSR count). The predicted molar refractivity (Wildman–Crippen MR) is 306 cm³/mol. The van der Waals surface area contributed by atoms with Crippen molar-refractivity contribution in [1.82, 2.24) is 5.32 Å². The first-order valence-corrected chi connectivity index (χ1v) is 30.6. The average Bonchev–Trinajstić information content (AvgIpc) is 3.40. The Morgan fingerprint density at radius 1 is 0.527 bits per heavy atom. The maximum Gasteiger partial charge on any atom is 0.306 e. The molecule has 0 aromatic heterocycles. The van der Waals surface area contributed by atoms with E-state index in [-0.39, 0.29) is 19.4 Å². The fourth-order valence-corrected chi connectivity index (χ4v) is 9.26. The highest BCUT2D eigenvalue weighted by Crippen LogP contribution is 2.26. The second kappa shape index (κ2) is 51.1. The van der Waals surface area contributed by atoms with Gasteiger partial charge in [-0.05, 0) is 77.0 Å². The van der Waals surface area contributed by atoms with Gasteiger partial charge in [-0.3, -0.25) is 9.59 Å². The molecular weight excluding hydrogens is 931 g/mol. The van der Waals surface area contributed by atoms with Gasteiger partial charge >= 0.3 is 5.97 Å². The molecule has 11 nitrogen and oxygen atoms in total. The lowest BCUT2D eigenvalue weighted by Crippen LogP contribution is -2.61. The molecule has 0 aromatic carbocycles. The monoisotopic (exact) mass is 1040 g/mol. The Bertz CT molecular complexity index is 1430. The lowest BCUT2D eigenvalue weighted by molar-refractivity contribution is -0.305. The van der Waals surface area contributed by atoms with Crippen molar-refractivity contribution in [3.63, 3.8) is 0 Å². The Morgan fingerprint density at radius 2 is 0.932 bits per heavy atom. The quantitative estimate of drug-likeness (QED) is 0.0195. The van der Waals surface area contributed by atoms with E-state index < -0.39 is 67.4 Å². The standard InChI is InChI=1S/C63H113NO10/c1-4-7-10-13-16-19-22-25-26-27-28-29-30-31-33-35-38-41-44-47-50-56(67)62(71)64-54(55(66)49-46-43-40-37-34-24-21-18-15-12-9-6-3)53-72-63-61(60(70)59(69)57(52-65)73-63)74-58(68)51-48-45-42-39-36-32-23-20-17-14-11-8-5-2/h16,19,25-26,32,36,42,45-46,49,54-57,59-61,63,65-67,69-70H,4-15,17-18,20-24,27-31,33-35,37-41,43-44,47-48,50-53H2,1-3H3,(H,64,71)/b19-16-,26-25-,36-32-,45-42+,49-46+. The maximum absolute atomic E-state index is 13.4. The maximum atomic E-state index is 13.4. The first-order valence-electron chi connectivity index (χ1n) is 30.6. The highest BCUT2D eigenvalue weighted by atomic mass is 16.7. The van der Waals surface area contributed by atoms with Gasteiger partial charge in [0.15, 0.2) is 12.4 Å². The minimum absolute atomic E-state index is 0.0170. The number of amides is 1. The topological polar surface area (TPSA) is 175 Å². The predicted octanol–water partition coefficient (Wildman–Crippen LogP) is 14.2.